The summed E-state index contributed by atoms with van der Waals surface area (Å²) in [7, 11) is 0. The molecule has 41 heavy (non-hydrogen) atoms. The maximum absolute atomic E-state index is 14.0. The number of amides is 5. The molecule has 12 heteroatoms. The van der Waals surface area contributed by atoms with Crippen LogP contribution in [0.4, 0.5) is 4.79 Å². The lowest BCUT2D eigenvalue weighted by Gasteiger charge is -2.37. The Morgan fingerprint density at radius 3 is 2.05 bits per heavy atom. The summed E-state index contributed by atoms with van der Waals surface area (Å²) in [5.74, 6) is -3.53. The number of hydrogen-bond acceptors (Lipinski definition) is 7. The molecule has 0 unspecified atom stereocenters. The Morgan fingerprint density at radius 2 is 1.54 bits per heavy atom. The van der Waals surface area contributed by atoms with Crippen LogP contribution in [0.5, 0.6) is 0 Å². The fraction of sp³-hybridized carbons (Fsp3) is 0.793. The highest BCUT2D eigenvalue weighted by Gasteiger charge is 2.53. The molecule has 12 nitrogen and oxygen atoms in total. The van der Waals surface area contributed by atoms with E-state index in [2.05, 4.69) is 16.0 Å². The number of rotatable bonds is 9. The van der Waals surface area contributed by atoms with E-state index in [0.717, 1.165) is 44.9 Å². The van der Waals surface area contributed by atoms with Crippen LogP contribution >= 0.6 is 0 Å². The van der Waals surface area contributed by atoms with Gasteiger partial charge in [-0.05, 0) is 69.6 Å². The molecule has 3 aliphatic rings. The van der Waals surface area contributed by atoms with Crippen molar-refractivity contribution in [3.63, 3.8) is 0 Å². The van der Waals surface area contributed by atoms with Crippen molar-refractivity contribution in [1.82, 2.24) is 20.9 Å². The maximum Gasteiger partial charge on any atom is 0.329 e. The number of ether oxygens (including phenoxy) is 1. The summed E-state index contributed by atoms with van der Waals surface area (Å²) in [6.45, 7) is 10.6. The number of nitrogens with two attached hydrogens (primary N) is 1. The van der Waals surface area contributed by atoms with Crippen LogP contribution in [0.1, 0.15) is 86.5 Å². The summed E-state index contributed by atoms with van der Waals surface area (Å²) in [6, 6.07) is -3.34. The van der Waals surface area contributed by atoms with Gasteiger partial charge in [0.25, 0.3) is 5.91 Å². The summed E-state index contributed by atoms with van der Waals surface area (Å²) in [5.41, 5.74) is 3.54. The quantitative estimate of drug-likeness (QED) is 0.236. The van der Waals surface area contributed by atoms with Crippen molar-refractivity contribution in [3.05, 3.63) is 0 Å². The second-order valence-electron chi connectivity index (χ2n) is 13.8. The van der Waals surface area contributed by atoms with Gasteiger partial charge in [-0.3, -0.25) is 19.2 Å². The highest BCUT2D eigenvalue weighted by Crippen LogP contribution is 2.45. The van der Waals surface area contributed by atoms with E-state index in [1.54, 1.807) is 20.8 Å². The monoisotopic (exact) mass is 577 g/mol. The molecular weight excluding hydrogens is 530 g/mol. The first kappa shape index (κ1) is 32.3. The van der Waals surface area contributed by atoms with E-state index in [9.17, 15) is 28.8 Å². The molecule has 0 aromatic carbocycles. The van der Waals surface area contributed by atoms with Gasteiger partial charge in [0.05, 0.1) is 6.54 Å². The fourth-order valence-corrected chi connectivity index (χ4v) is 6.09. The Labute approximate surface area is 242 Å². The molecule has 1 heterocycles. The van der Waals surface area contributed by atoms with E-state index in [1.807, 2.05) is 20.8 Å². The van der Waals surface area contributed by atoms with Crippen molar-refractivity contribution in [2.24, 2.45) is 28.9 Å². The van der Waals surface area contributed by atoms with E-state index in [0.29, 0.717) is 6.54 Å². The fourth-order valence-electron chi connectivity index (χ4n) is 6.09. The van der Waals surface area contributed by atoms with E-state index in [-0.39, 0.29) is 17.8 Å². The van der Waals surface area contributed by atoms with Crippen LogP contribution in [0.25, 0.3) is 0 Å². The number of esters is 1. The molecule has 5 atom stereocenters. The van der Waals surface area contributed by atoms with Crippen molar-refractivity contribution >= 4 is 35.5 Å². The summed E-state index contributed by atoms with van der Waals surface area (Å²) >= 11 is 0. The van der Waals surface area contributed by atoms with Gasteiger partial charge in [0.15, 0.2) is 0 Å². The lowest BCUT2D eigenvalue weighted by molar-refractivity contribution is -0.159. The van der Waals surface area contributed by atoms with Gasteiger partial charge < -0.3 is 31.3 Å². The first-order valence-corrected chi connectivity index (χ1v) is 14.7. The minimum absolute atomic E-state index is 0.0695. The summed E-state index contributed by atoms with van der Waals surface area (Å²) in [5, 5.41) is 8.06. The van der Waals surface area contributed by atoms with Crippen molar-refractivity contribution in [2.45, 2.75) is 110 Å². The third kappa shape index (κ3) is 8.19. The van der Waals surface area contributed by atoms with Gasteiger partial charge in [0, 0.05) is 6.54 Å². The molecular formula is C29H47N5O7. The smallest absolute Gasteiger partial charge is 0.329 e. The number of urea groups is 1. The predicted molar refractivity (Wildman–Crippen MR) is 150 cm³/mol. The lowest BCUT2D eigenvalue weighted by atomic mass is 9.73. The molecule has 3 rings (SSSR count). The summed E-state index contributed by atoms with van der Waals surface area (Å²) in [4.78, 5) is 77.9. The Bertz CT molecular complexity index is 1040. The molecule has 230 valence electrons. The lowest BCUT2D eigenvalue weighted by Crippen LogP contribution is -2.61. The van der Waals surface area contributed by atoms with Gasteiger partial charge in [-0.15, -0.1) is 0 Å². The Morgan fingerprint density at radius 1 is 0.902 bits per heavy atom. The Balaban J connectivity index is 1.77. The second kappa shape index (κ2) is 12.8. The number of hydrogen-bond donors (Lipinski definition) is 4. The van der Waals surface area contributed by atoms with Crippen molar-refractivity contribution in [2.75, 3.05) is 13.1 Å². The average molecular weight is 578 g/mol. The molecule has 1 saturated heterocycles. The first-order valence-electron chi connectivity index (χ1n) is 14.7. The van der Waals surface area contributed by atoms with E-state index in [1.165, 1.54) is 4.90 Å². The van der Waals surface area contributed by atoms with Crippen molar-refractivity contribution < 1.29 is 33.5 Å². The van der Waals surface area contributed by atoms with Crippen LogP contribution in [0.3, 0.4) is 0 Å². The molecule has 0 radical (unpaired) electrons. The van der Waals surface area contributed by atoms with Crippen LogP contribution in [0.15, 0.2) is 0 Å². The number of likely N-dealkylation sites (tertiary alicyclic amines) is 1. The highest BCUT2D eigenvalue weighted by molar-refractivity contribution is 6.36. The third-order valence-electron chi connectivity index (χ3n) is 8.36. The van der Waals surface area contributed by atoms with E-state index in [4.69, 9.17) is 10.5 Å². The van der Waals surface area contributed by atoms with E-state index < -0.39 is 71.2 Å². The van der Waals surface area contributed by atoms with Gasteiger partial charge >= 0.3 is 12.0 Å². The minimum Gasteiger partial charge on any atom is -0.458 e. The van der Waals surface area contributed by atoms with Crippen LogP contribution < -0.4 is 21.7 Å². The average Bonchev–Trinajstić information content (AvgIpc) is 3.12. The summed E-state index contributed by atoms with van der Waals surface area (Å²) in [6.07, 6.45) is 6.20. The molecule has 0 spiro atoms. The maximum atomic E-state index is 14.0. The standard InChI is InChI=1S/C29H47N5O7/c1-28(2,3)22(33-27(40)32-20(16-10-8-7-9-11-16)26(39)41-29(4,5)6)25(38)34-15-17-12-13-18(17)21(34)24(37)31-14-19(35)23(30)36/h16-18,20-22H,7-15H2,1-6H3,(H2,30,36)(H,31,37)(H2,32,33,40)/t17-,18-,20+,21-,22+/m0/s1. The number of nitrogens with zero attached hydrogens (tertiary/aromatic N) is 1. The molecule has 2 aliphatic carbocycles. The Hall–Kier alpha value is -3.18. The molecule has 2 saturated carbocycles. The topological polar surface area (TPSA) is 177 Å². The number of carbonyl (C=O) groups is 6. The highest BCUT2D eigenvalue weighted by atomic mass is 16.6. The molecule has 5 N–H and O–H groups in total. The minimum atomic E-state index is -1.15. The molecule has 3 fully saturated rings. The van der Waals surface area contributed by atoms with Gasteiger partial charge in [0.2, 0.25) is 17.6 Å². The Kier molecular flexibility index (Phi) is 10.1. The molecule has 5 amide bonds. The third-order valence-corrected chi connectivity index (χ3v) is 8.36. The van der Waals surface area contributed by atoms with Crippen LogP contribution in [-0.2, 0) is 28.7 Å². The first-order chi connectivity index (χ1) is 19.0. The zero-order chi connectivity index (χ0) is 30.7. The van der Waals surface area contributed by atoms with E-state index >= 15 is 0 Å². The summed E-state index contributed by atoms with van der Waals surface area (Å²) < 4.78 is 5.63. The molecule has 0 bridgehead atoms. The predicted octanol–water partition coefficient (Wildman–Crippen LogP) is 1.40. The molecule has 1 aliphatic heterocycles. The van der Waals surface area contributed by atoms with Gasteiger partial charge in [-0.2, -0.15) is 0 Å². The SMILES string of the molecule is CC(C)(C)OC(=O)[C@H](NC(=O)N[C@H](C(=O)N1C[C@@H]2CC[C@@H]2[C@H]1C(=O)NCC(=O)C(N)=O)C(C)(C)C)C1CCCCC1. The number of carbonyl (C=O) groups excluding carboxylic acids is 6. The molecule has 0 aromatic rings. The van der Waals surface area contributed by atoms with Gasteiger partial charge in [-0.25, -0.2) is 9.59 Å². The van der Waals surface area contributed by atoms with Gasteiger partial charge in [-0.1, -0.05) is 40.0 Å². The normalized spacial score (nSPS) is 24.2. The second-order valence-corrected chi connectivity index (χ2v) is 13.8. The zero-order valence-corrected chi connectivity index (χ0v) is 25.2. The number of fused-ring (bicyclic) bond motifs is 1. The number of ketones is 1. The van der Waals surface area contributed by atoms with Gasteiger partial charge in [0.1, 0.15) is 23.7 Å². The number of primary amides is 1. The largest absolute Gasteiger partial charge is 0.458 e. The number of Topliss-reactive ketones (excluding diaryl/α,β-unsaturated/α-hetero) is 1. The molecule has 0 aromatic heterocycles. The van der Waals surface area contributed by atoms with Crippen LogP contribution in [0, 0.1) is 23.2 Å². The van der Waals surface area contributed by atoms with Crippen LogP contribution in [0.2, 0.25) is 0 Å². The number of nitrogens with one attached hydrogen (secondary N) is 3. The zero-order valence-electron chi connectivity index (χ0n) is 25.2. The van der Waals surface area contributed by atoms with Crippen molar-refractivity contribution in [1.29, 1.82) is 0 Å². The van der Waals surface area contributed by atoms with Crippen LogP contribution in [-0.4, -0.2) is 77.2 Å². The van der Waals surface area contributed by atoms with Crippen molar-refractivity contribution in [3.8, 4) is 0 Å².